The average molecular weight is 311 g/mol. The van der Waals surface area contributed by atoms with E-state index in [2.05, 4.69) is 4.98 Å². The topological polar surface area (TPSA) is 70.5 Å². The summed E-state index contributed by atoms with van der Waals surface area (Å²) < 4.78 is 0. The number of likely N-dealkylation sites (tertiary alicyclic amines) is 1. The van der Waals surface area contributed by atoms with Gasteiger partial charge in [0.15, 0.2) is 0 Å². The van der Waals surface area contributed by atoms with Gasteiger partial charge in [-0.1, -0.05) is 24.9 Å². The first kappa shape index (κ1) is 15.8. The fourth-order valence-corrected chi connectivity index (χ4v) is 3.11. The number of hydrogen-bond acceptors (Lipinski definition) is 3. The number of carbonyl (C=O) groups excluding carboxylic acids is 1. The smallest absolute Gasteiger partial charge is 0.309 e. The molecule has 2 rings (SSSR count). The quantitative estimate of drug-likeness (QED) is 0.928. The Hall–Kier alpha value is -1.62. The third-order valence-corrected chi connectivity index (χ3v) is 4.49. The van der Waals surface area contributed by atoms with Gasteiger partial charge in [0, 0.05) is 25.5 Å². The number of pyridine rings is 1. The van der Waals surface area contributed by atoms with Gasteiger partial charge in [-0.15, -0.1) is 0 Å². The lowest BCUT2D eigenvalue weighted by atomic mass is 9.75. The SMILES string of the molecule is CCCC1(C(=O)O)CCN(C(=O)c2ccncc2Cl)CC1. The van der Waals surface area contributed by atoms with Crippen LogP contribution in [0, 0.1) is 5.41 Å². The minimum atomic E-state index is -0.751. The predicted octanol–water partition coefficient (Wildman–Crippen LogP) is 2.84. The number of aliphatic carboxylic acids is 1. The van der Waals surface area contributed by atoms with Crippen LogP contribution in [-0.4, -0.2) is 40.0 Å². The summed E-state index contributed by atoms with van der Waals surface area (Å²) in [5.74, 6) is -0.906. The molecule has 114 valence electrons. The lowest BCUT2D eigenvalue weighted by Gasteiger charge is -2.39. The molecule has 1 aliphatic heterocycles. The van der Waals surface area contributed by atoms with Crippen molar-refractivity contribution >= 4 is 23.5 Å². The monoisotopic (exact) mass is 310 g/mol. The van der Waals surface area contributed by atoms with Crippen molar-refractivity contribution in [2.75, 3.05) is 13.1 Å². The molecule has 0 atom stereocenters. The van der Waals surface area contributed by atoms with Gasteiger partial charge in [-0.05, 0) is 25.3 Å². The molecule has 1 aliphatic rings. The number of hydrogen-bond donors (Lipinski definition) is 1. The van der Waals surface area contributed by atoms with E-state index < -0.39 is 11.4 Å². The predicted molar refractivity (Wildman–Crippen MR) is 79.4 cm³/mol. The van der Waals surface area contributed by atoms with E-state index in [0.717, 1.165) is 6.42 Å². The van der Waals surface area contributed by atoms with Crippen molar-refractivity contribution in [1.29, 1.82) is 0 Å². The van der Waals surface area contributed by atoms with Crippen LogP contribution >= 0.6 is 11.6 Å². The minimum Gasteiger partial charge on any atom is -0.481 e. The number of halogens is 1. The van der Waals surface area contributed by atoms with Crippen molar-refractivity contribution < 1.29 is 14.7 Å². The van der Waals surface area contributed by atoms with Gasteiger partial charge in [-0.25, -0.2) is 0 Å². The largest absolute Gasteiger partial charge is 0.481 e. The normalized spacial score (nSPS) is 17.5. The molecular weight excluding hydrogens is 292 g/mol. The number of piperidine rings is 1. The molecule has 0 unspecified atom stereocenters. The Morgan fingerprint density at radius 2 is 2.10 bits per heavy atom. The van der Waals surface area contributed by atoms with Crippen LogP contribution < -0.4 is 0 Å². The van der Waals surface area contributed by atoms with E-state index in [1.54, 1.807) is 11.0 Å². The third kappa shape index (κ3) is 3.18. The first-order valence-electron chi connectivity index (χ1n) is 7.12. The summed E-state index contributed by atoms with van der Waals surface area (Å²) in [6.07, 6.45) is 5.44. The molecule has 1 amide bonds. The molecule has 1 saturated heterocycles. The van der Waals surface area contributed by atoms with Gasteiger partial charge in [0.2, 0.25) is 0 Å². The molecule has 0 radical (unpaired) electrons. The highest BCUT2D eigenvalue weighted by atomic mass is 35.5. The highest BCUT2D eigenvalue weighted by Gasteiger charge is 2.41. The van der Waals surface area contributed by atoms with Gasteiger partial charge in [0.25, 0.3) is 5.91 Å². The summed E-state index contributed by atoms with van der Waals surface area (Å²) in [5, 5.41) is 9.80. The number of carbonyl (C=O) groups is 2. The summed E-state index contributed by atoms with van der Waals surface area (Å²) in [6, 6.07) is 1.59. The number of rotatable bonds is 4. The van der Waals surface area contributed by atoms with Crippen LogP contribution in [0.15, 0.2) is 18.5 Å². The second-order valence-electron chi connectivity index (χ2n) is 5.48. The maximum Gasteiger partial charge on any atom is 0.309 e. The standard InChI is InChI=1S/C15H19ClN2O3/c1-2-4-15(14(20)21)5-8-18(9-6-15)13(19)11-3-7-17-10-12(11)16/h3,7,10H,2,4-6,8-9H2,1H3,(H,20,21). The van der Waals surface area contributed by atoms with Crippen LogP contribution in [0.4, 0.5) is 0 Å². The van der Waals surface area contributed by atoms with Gasteiger partial charge in [-0.2, -0.15) is 0 Å². The summed E-state index contributed by atoms with van der Waals surface area (Å²) in [4.78, 5) is 29.5. The summed E-state index contributed by atoms with van der Waals surface area (Å²) >= 11 is 5.99. The highest BCUT2D eigenvalue weighted by Crippen LogP contribution is 2.37. The number of amides is 1. The molecule has 6 heteroatoms. The Labute approximate surface area is 128 Å². The van der Waals surface area contributed by atoms with Crippen LogP contribution in [0.2, 0.25) is 5.02 Å². The molecule has 0 bridgehead atoms. The van der Waals surface area contributed by atoms with E-state index in [1.165, 1.54) is 12.4 Å². The van der Waals surface area contributed by atoms with E-state index in [-0.39, 0.29) is 5.91 Å². The molecule has 0 spiro atoms. The second kappa shape index (κ2) is 6.43. The zero-order chi connectivity index (χ0) is 15.5. The van der Waals surface area contributed by atoms with Crippen LogP contribution in [0.3, 0.4) is 0 Å². The highest BCUT2D eigenvalue weighted by molar-refractivity contribution is 6.33. The lowest BCUT2D eigenvalue weighted by molar-refractivity contribution is -0.152. The number of aromatic nitrogens is 1. The number of carboxylic acid groups (broad SMARTS) is 1. The molecule has 5 nitrogen and oxygen atoms in total. The Morgan fingerprint density at radius 3 is 2.62 bits per heavy atom. The van der Waals surface area contributed by atoms with Gasteiger partial charge >= 0.3 is 5.97 Å². The van der Waals surface area contributed by atoms with Crippen molar-refractivity contribution in [2.45, 2.75) is 32.6 Å². The fourth-order valence-electron chi connectivity index (χ4n) is 2.91. The van der Waals surface area contributed by atoms with E-state index in [1.807, 2.05) is 6.92 Å². The zero-order valence-corrected chi connectivity index (χ0v) is 12.8. The molecule has 0 aliphatic carbocycles. The molecule has 1 N–H and O–H groups in total. The van der Waals surface area contributed by atoms with Gasteiger partial charge < -0.3 is 10.0 Å². The van der Waals surface area contributed by atoms with Crippen LogP contribution in [0.25, 0.3) is 0 Å². The number of carboxylic acids is 1. The van der Waals surface area contributed by atoms with Crippen molar-refractivity contribution in [2.24, 2.45) is 5.41 Å². The zero-order valence-electron chi connectivity index (χ0n) is 12.0. The molecule has 1 aromatic rings. The van der Waals surface area contributed by atoms with Crippen LogP contribution in [0.5, 0.6) is 0 Å². The summed E-state index contributed by atoms with van der Waals surface area (Å²) in [7, 11) is 0. The molecule has 1 fully saturated rings. The first-order valence-corrected chi connectivity index (χ1v) is 7.50. The van der Waals surface area contributed by atoms with Crippen molar-refractivity contribution in [3.63, 3.8) is 0 Å². The first-order chi connectivity index (χ1) is 10.00. The molecule has 0 aromatic carbocycles. The van der Waals surface area contributed by atoms with Gasteiger partial charge in [0.1, 0.15) is 0 Å². The van der Waals surface area contributed by atoms with E-state index in [4.69, 9.17) is 11.6 Å². The van der Waals surface area contributed by atoms with Crippen LogP contribution in [0.1, 0.15) is 43.0 Å². The molecule has 0 saturated carbocycles. The van der Waals surface area contributed by atoms with Gasteiger partial charge in [0.05, 0.1) is 16.0 Å². The van der Waals surface area contributed by atoms with Crippen molar-refractivity contribution in [3.05, 3.63) is 29.0 Å². The second-order valence-corrected chi connectivity index (χ2v) is 5.89. The van der Waals surface area contributed by atoms with Crippen molar-refractivity contribution in [3.8, 4) is 0 Å². The minimum absolute atomic E-state index is 0.155. The Morgan fingerprint density at radius 1 is 1.43 bits per heavy atom. The maximum atomic E-state index is 12.4. The number of nitrogens with zero attached hydrogens (tertiary/aromatic N) is 2. The van der Waals surface area contributed by atoms with Gasteiger partial charge in [-0.3, -0.25) is 14.6 Å². The maximum absolute atomic E-state index is 12.4. The lowest BCUT2D eigenvalue weighted by Crippen LogP contribution is -2.46. The molecule has 1 aromatic heterocycles. The summed E-state index contributed by atoms with van der Waals surface area (Å²) in [5.41, 5.74) is -0.266. The Bertz CT molecular complexity index is 539. The molecule has 21 heavy (non-hydrogen) atoms. The average Bonchev–Trinajstić information content (AvgIpc) is 2.48. The van der Waals surface area contributed by atoms with E-state index >= 15 is 0 Å². The van der Waals surface area contributed by atoms with Crippen LogP contribution in [-0.2, 0) is 4.79 Å². The van der Waals surface area contributed by atoms with E-state index in [0.29, 0.717) is 42.9 Å². The fraction of sp³-hybridized carbons (Fsp3) is 0.533. The third-order valence-electron chi connectivity index (χ3n) is 4.19. The van der Waals surface area contributed by atoms with E-state index in [9.17, 15) is 14.7 Å². The summed E-state index contributed by atoms with van der Waals surface area (Å²) in [6.45, 7) is 2.88. The Balaban J connectivity index is 2.09. The van der Waals surface area contributed by atoms with Crippen molar-refractivity contribution in [1.82, 2.24) is 9.88 Å². The Kier molecular flexibility index (Phi) is 4.83. The molecule has 2 heterocycles. The molecular formula is C15H19ClN2O3.